The monoisotopic (exact) mass is 480 g/mol. The summed E-state index contributed by atoms with van der Waals surface area (Å²) in [6.07, 6.45) is -2.82. The molecule has 0 saturated heterocycles. The van der Waals surface area contributed by atoms with E-state index in [9.17, 15) is 18.8 Å². The van der Waals surface area contributed by atoms with Crippen LogP contribution in [0, 0.1) is 5.82 Å². The van der Waals surface area contributed by atoms with Crippen molar-refractivity contribution in [2.24, 2.45) is 4.99 Å². The minimum absolute atomic E-state index is 0.249. The van der Waals surface area contributed by atoms with Gasteiger partial charge in [-0.1, -0.05) is 12.1 Å². The fourth-order valence-corrected chi connectivity index (χ4v) is 2.45. The summed E-state index contributed by atoms with van der Waals surface area (Å²) in [5, 5.41) is 0. The number of amides is 3. The Morgan fingerprint density at radius 3 is 1.82 bits per heavy atom. The van der Waals surface area contributed by atoms with Gasteiger partial charge in [0.15, 0.2) is 0 Å². The van der Waals surface area contributed by atoms with Crippen LogP contribution >= 0.6 is 0 Å². The van der Waals surface area contributed by atoms with Gasteiger partial charge in [0.05, 0.1) is 6.54 Å². The maximum atomic E-state index is 13.8. The van der Waals surface area contributed by atoms with Crippen LogP contribution in [0.15, 0.2) is 29.3 Å². The highest BCUT2D eigenvalue weighted by atomic mass is 18.2. The zero-order valence-electron chi connectivity index (χ0n) is 21.7. The number of ether oxygens (including phenoxy) is 3. The summed E-state index contributed by atoms with van der Waals surface area (Å²) in [6, 6.07) is 5.53. The Labute approximate surface area is 200 Å². The third-order valence-corrected chi connectivity index (χ3v) is 3.64. The third-order valence-electron chi connectivity index (χ3n) is 3.64. The van der Waals surface area contributed by atoms with Gasteiger partial charge >= 0.3 is 18.3 Å². The smallest absolute Gasteiger partial charge is 0.437 e. The molecule has 9 nitrogen and oxygen atoms in total. The molecule has 0 aromatic heterocycles. The van der Waals surface area contributed by atoms with Crippen LogP contribution in [-0.2, 0) is 20.8 Å². The van der Waals surface area contributed by atoms with Gasteiger partial charge in [-0.2, -0.15) is 0 Å². The molecule has 0 N–H and O–H groups in total. The molecule has 0 atom stereocenters. The summed E-state index contributed by atoms with van der Waals surface area (Å²) >= 11 is 0. The first-order chi connectivity index (χ1) is 15.3. The molecule has 0 unspecified atom stereocenters. The normalized spacial score (nSPS) is 12.6. The summed E-state index contributed by atoms with van der Waals surface area (Å²) < 4.78 is 29.9. The van der Waals surface area contributed by atoms with Gasteiger partial charge in [-0.25, -0.2) is 28.6 Å². The number of aliphatic imine (C=N–C) groups is 1. The van der Waals surface area contributed by atoms with Crippen molar-refractivity contribution in [1.29, 1.82) is 0 Å². The zero-order valence-corrected chi connectivity index (χ0v) is 21.7. The lowest BCUT2D eigenvalue weighted by Crippen LogP contribution is -2.50. The van der Waals surface area contributed by atoms with Crippen LogP contribution in [0.5, 0.6) is 0 Å². The Kier molecular flexibility index (Phi) is 9.20. The molecule has 34 heavy (non-hydrogen) atoms. The molecule has 0 heterocycles. The van der Waals surface area contributed by atoms with E-state index in [1.807, 2.05) is 0 Å². The van der Waals surface area contributed by atoms with E-state index < -0.39 is 46.9 Å². The summed E-state index contributed by atoms with van der Waals surface area (Å²) in [5.74, 6) is -0.922. The Balaban J connectivity index is 3.58. The van der Waals surface area contributed by atoms with Crippen LogP contribution in [0.3, 0.4) is 0 Å². The highest BCUT2D eigenvalue weighted by Gasteiger charge is 2.34. The molecule has 0 saturated carbocycles. The number of halogens is 1. The lowest BCUT2D eigenvalue weighted by atomic mass is 10.2. The highest BCUT2D eigenvalue weighted by molar-refractivity contribution is 6.04. The van der Waals surface area contributed by atoms with Crippen LogP contribution in [-0.4, -0.2) is 57.9 Å². The lowest BCUT2D eigenvalue weighted by molar-refractivity contribution is 0.0288. The average molecular weight is 481 g/mol. The summed E-state index contributed by atoms with van der Waals surface area (Å²) in [5.41, 5.74) is -2.27. The van der Waals surface area contributed by atoms with Crippen LogP contribution in [0.4, 0.5) is 18.8 Å². The first kappa shape index (κ1) is 28.9. The van der Waals surface area contributed by atoms with Crippen LogP contribution < -0.4 is 0 Å². The fraction of sp³-hybridized carbons (Fsp3) is 0.583. The Morgan fingerprint density at radius 2 is 1.35 bits per heavy atom. The summed E-state index contributed by atoms with van der Waals surface area (Å²) in [6.45, 7) is 14.7. The molecule has 1 aromatic rings. The van der Waals surface area contributed by atoms with E-state index in [1.165, 1.54) is 25.2 Å². The third kappa shape index (κ3) is 10.6. The minimum atomic E-state index is -1.04. The maximum absolute atomic E-state index is 13.8. The van der Waals surface area contributed by atoms with Crippen molar-refractivity contribution in [3.8, 4) is 0 Å². The molecular weight excluding hydrogens is 444 g/mol. The second-order valence-electron chi connectivity index (χ2n) is 10.6. The maximum Gasteiger partial charge on any atom is 0.437 e. The van der Waals surface area contributed by atoms with Gasteiger partial charge in [-0.15, -0.1) is 4.99 Å². The quantitative estimate of drug-likeness (QED) is 0.305. The largest absolute Gasteiger partial charge is 0.443 e. The van der Waals surface area contributed by atoms with Crippen molar-refractivity contribution in [2.75, 3.05) is 7.05 Å². The Morgan fingerprint density at radius 1 is 0.853 bits per heavy atom. The molecule has 0 bridgehead atoms. The highest BCUT2D eigenvalue weighted by Crippen LogP contribution is 2.18. The minimum Gasteiger partial charge on any atom is -0.443 e. The molecule has 3 amide bonds. The lowest BCUT2D eigenvalue weighted by Gasteiger charge is -2.32. The SMILES string of the molecule is CN(C(=O)OC(C)(C)C)C(=NC(=O)OC(C)(C)C)N(Cc1cccc([18F])c1)C(=O)OC(C)(C)C. The van der Waals surface area contributed by atoms with E-state index in [1.54, 1.807) is 68.4 Å². The molecule has 0 aliphatic heterocycles. The van der Waals surface area contributed by atoms with E-state index >= 15 is 0 Å². The van der Waals surface area contributed by atoms with Crippen molar-refractivity contribution in [3.05, 3.63) is 35.6 Å². The van der Waals surface area contributed by atoms with Gasteiger partial charge in [0.2, 0.25) is 5.96 Å². The molecule has 1 aromatic carbocycles. The second-order valence-corrected chi connectivity index (χ2v) is 10.6. The molecule has 190 valence electrons. The average Bonchev–Trinajstić information content (AvgIpc) is 2.59. The molecule has 0 aliphatic rings. The van der Waals surface area contributed by atoms with Gasteiger partial charge in [0.25, 0.3) is 0 Å². The number of rotatable bonds is 2. The van der Waals surface area contributed by atoms with Crippen LogP contribution in [0.2, 0.25) is 0 Å². The first-order valence-electron chi connectivity index (χ1n) is 10.8. The Hall–Kier alpha value is -3.17. The van der Waals surface area contributed by atoms with E-state index in [4.69, 9.17) is 14.2 Å². The Bertz CT molecular complexity index is 926. The van der Waals surface area contributed by atoms with Crippen molar-refractivity contribution >= 4 is 24.2 Å². The molecule has 0 fully saturated rings. The standard InChI is InChI=1S/C24H36FN3O6/c1-22(2,3)32-19(29)26-18(27(10)20(30)33-23(4,5)6)28(21(31)34-24(7,8)9)15-16-12-11-13-17(25)14-16/h11-14H,15H2,1-10H3/i25-1. The van der Waals surface area contributed by atoms with Gasteiger partial charge in [-0.05, 0) is 80.0 Å². The van der Waals surface area contributed by atoms with Crippen molar-refractivity contribution in [3.63, 3.8) is 0 Å². The van der Waals surface area contributed by atoms with Gasteiger partial charge < -0.3 is 14.2 Å². The molecule has 0 aliphatic carbocycles. The molecule has 0 spiro atoms. The number of hydrogen-bond acceptors (Lipinski definition) is 6. The fourth-order valence-electron chi connectivity index (χ4n) is 2.45. The van der Waals surface area contributed by atoms with Crippen molar-refractivity contribution < 1.29 is 33.0 Å². The number of benzene rings is 1. The van der Waals surface area contributed by atoms with E-state index in [0.29, 0.717) is 5.56 Å². The predicted octanol–water partition coefficient (Wildman–Crippen LogP) is 5.72. The van der Waals surface area contributed by atoms with Crippen LogP contribution in [0.25, 0.3) is 0 Å². The van der Waals surface area contributed by atoms with Gasteiger partial charge in [-0.3, -0.25) is 0 Å². The molecular formula is C24H36FN3O6. The number of guanidine groups is 1. The van der Waals surface area contributed by atoms with E-state index in [0.717, 1.165) is 9.80 Å². The molecule has 0 radical (unpaired) electrons. The summed E-state index contributed by atoms with van der Waals surface area (Å²) in [4.78, 5) is 44.3. The van der Waals surface area contributed by atoms with Gasteiger partial charge in [0.1, 0.15) is 22.6 Å². The number of carbonyl (C=O) groups is 3. The zero-order chi connectivity index (χ0) is 26.5. The summed E-state index contributed by atoms with van der Waals surface area (Å²) in [7, 11) is 1.29. The van der Waals surface area contributed by atoms with Crippen molar-refractivity contribution in [1.82, 2.24) is 9.80 Å². The molecule has 10 heteroatoms. The number of hydrogen-bond donors (Lipinski definition) is 0. The molecule has 1 rings (SSSR count). The van der Waals surface area contributed by atoms with Gasteiger partial charge in [0, 0.05) is 7.05 Å². The van der Waals surface area contributed by atoms with Crippen molar-refractivity contribution in [2.45, 2.75) is 85.7 Å². The van der Waals surface area contributed by atoms with E-state index in [-0.39, 0.29) is 6.54 Å². The second kappa shape index (κ2) is 10.8. The predicted molar refractivity (Wildman–Crippen MR) is 126 cm³/mol. The number of nitrogens with zero attached hydrogens (tertiary/aromatic N) is 3. The first-order valence-corrected chi connectivity index (χ1v) is 10.8. The topological polar surface area (TPSA) is 97.7 Å². The number of carbonyl (C=O) groups excluding carboxylic acids is 3. The van der Waals surface area contributed by atoms with E-state index in [2.05, 4.69) is 4.99 Å². The van der Waals surface area contributed by atoms with Crippen LogP contribution in [0.1, 0.15) is 67.9 Å².